The Kier molecular flexibility index (Phi) is 6.48. The van der Waals surface area contributed by atoms with Crippen molar-refractivity contribution in [3.05, 3.63) is 0 Å². The summed E-state index contributed by atoms with van der Waals surface area (Å²) in [5.41, 5.74) is 0. The molecule has 0 aromatic rings. The molecule has 0 bridgehead atoms. The molecule has 4 nitrogen and oxygen atoms in total. The molecule has 0 rings (SSSR count). The Hall–Kier alpha value is -0.823. The lowest BCUT2D eigenvalue weighted by atomic mass is 9.96. The van der Waals surface area contributed by atoms with Gasteiger partial charge in [-0.3, -0.25) is 4.79 Å². The van der Waals surface area contributed by atoms with Crippen molar-refractivity contribution < 1.29 is 18.4 Å². The summed E-state index contributed by atoms with van der Waals surface area (Å²) >= 11 is 0. The summed E-state index contributed by atoms with van der Waals surface area (Å²) in [6, 6.07) is 0. The zero-order chi connectivity index (χ0) is 16.3. The van der Waals surface area contributed by atoms with Crippen LogP contribution in [0.5, 0.6) is 0 Å². The van der Waals surface area contributed by atoms with Crippen LogP contribution in [0.1, 0.15) is 27.2 Å². The Labute approximate surface area is 121 Å². The Morgan fingerprint density at radius 2 is 1.80 bits per heavy atom. The van der Waals surface area contributed by atoms with Crippen molar-refractivity contribution in [1.82, 2.24) is 4.90 Å². The number of amides is 1. The van der Waals surface area contributed by atoms with Crippen molar-refractivity contribution >= 4 is 20.1 Å². The number of alkyl halides is 2. The van der Waals surface area contributed by atoms with Crippen LogP contribution >= 0.6 is 0 Å². The minimum atomic E-state index is -2.78. The number of hydrogen-bond acceptors (Lipinski definition) is 2. The van der Waals surface area contributed by atoms with Crippen LogP contribution in [0.3, 0.4) is 0 Å². The third-order valence-corrected chi connectivity index (χ3v) is 7.44. The molecule has 118 valence electrons. The second kappa shape index (κ2) is 6.75. The topological polar surface area (TPSA) is 52.9 Å². The van der Waals surface area contributed by atoms with Crippen LogP contribution in [0.15, 0.2) is 4.99 Å². The molecule has 0 radical (unpaired) electrons. The second-order valence-corrected chi connectivity index (χ2v) is 11.0. The SMILES string of the molecule is CC(=NC(=O)C(CC(C)(C)[Si](C)(C)O)C(F)F)N(C)C. The van der Waals surface area contributed by atoms with Gasteiger partial charge in [0.1, 0.15) is 11.8 Å². The summed E-state index contributed by atoms with van der Waals surface area (Å²) in [7, 11) is 0.738. The summed E-state index contributed by atoms with van der Waals surface area (Å²) in [6.07, 6.45) is -2.85. The second-order valence-electron chi connectivity index (χ2n) is 6.48. The first-order valence-corrected chi connectivity index (χ1v) is 9.51. The highest BCUT2D eigenvalue weighted by Gasteiger charge is 2.43. The molecule has 0 saturated carbocycles. The van der Waals surface area contributed by atoms with Crippen molar-refractivity contribution in [3.8, 4) is 0 Å². The van der Waals surface area contributed by atoms with E-state index in [9.17, 15) is 18.4 Å². The van der Waals surface area contributed by atoms with Gasteiger partial charge in [0, 0.05) is 14.1 Å². The average molecular weight is 308 g/mol. The molecule has 7 heteroatoms. The Morgan fingerprint density at radius 3 is 2.10 bits per heavy atom. The van der Waals surface area contributed by atoms with Crippen molar-refractivity contribution in [2.24, 2.45) is 10.9 Å². The average Bonchev–Trinajstić information content (AvgIpc) is 2.23. The zero-order valence-electron chi connectivity index (χ0n) is 13.4. The Balaban J connectivity index is 5.20. The Morgan fingerprint density at radius 1 is 1.35 bits per heavy atom. The van der Waals surface area contributed by atoms with Gasteiger partial charge in [-0.15, -0.1) is 0 Å². The standard InChI is InChI=1S/C13H26F2N2O2Si/c1-9(17(4)5)16-12(18)10(11(14)15)8-13(2,3)20(6,7)19/h10-11,19H,8H2,1-7H3. The van der Waals surface area contributed by atoms with E-state index >= 15 is 0 Å². The van der Waals surface area contributed by atoms with Crippen molar-refractivity contribution in [1.29, 1.82) is 0 Å². The van der Waals surface area contributed by atoms with Gasteiger partial charge in [-0.25, -0.2) is 13.8 Å². The summed E-state index contributed by atoms with van der Waals surface area (Å²) < 4.78 is 26.3. The normalized spacial score (nSPS) is 15.4. The fourth-order valence-electron chi connectivity index (χ4n) is 1.43. The van der Waals surface area contributed by atoms with E-state index in [0.29, 0.717) is 5.84 Å². The monoisotopic (exact) mass is 308 g/mol. The lowest BCUT2D eigenvalue weighted by molar-refractivity contribution is -0.127. The number of rotatable bonds is 5. The molecule has 0 aromatic carbocycles. The van der Waals surface area contributed by atoms with Gasteiger partial charge < -0.3 is 9.70 Å². The van der Waals surface area contributed by atoms with Crippen molar-refractivity contribution in [3.63, 3.8) is 0 Å². The molecule has 0 spiro atoms. The summed E-state index contributed by atoms with van der Waals surface area (Å²) in [6.45, 7) is 8.42. The highest BCUT2D eigenvalue weighted by atomic mass is 28.4. The van der Waals surface area contributed by atoms with E-state index in [-0.39, 0.29) is 6.42 Å². The molecular weight excluding hydrogens is 282 g/mol. The largest absolute Gasteiger partial charge is 0.432 e. The molecule has 0 aromatic heterocycles. The molecule has 20 heavy (non-hydrogen) atoms. The molecule has 0 aliphatic carbocycles. The smallest absolute Gasteiger partial charge is 0.256 e. The van der Waals surface area contributed by atoms with E-state index in [4.69, 9.17) is 0 Å². The first kappa shape index (κ1) is 19.2. The molecule has 0 fully saturated rings. The first-order valence-electron chi connectivity index (χ1n) is 6.56. The fourth-order valence-corrected chi connectivity index (χ4v) is 2.15. The van der Waals surface area contributed by atoms with Gasteiger partial charge in [0.2, 0.25) is 6.43 Å². The van der Waals surface area contributed by atoms with Gasteiger partial charge >= 0.3 is 0 Å². The third-order valence-electron chi connectivity index (χ3n) is 3.93. The van der Waals surface area contributed by atoms with Crippen LogP contribution in [0.4, 0.5) is 8.78 Å². The van der Waals surface area contributed by atoms with Crippen LogP contribution in [-0.4, -0.2) is 50.3 Å². The number of carbonyl (C=O) groups is 1. The third kappa shape index (κ3) is 5.28. The van der Waals surface area contributed by atoms with Crippen LogP contribution in [0, 0.1) is 5.92 Å². The van der Waals surface area contributed by atoms with E-state index < -0.39 is 31.6 Å². The van der Waals surface area contributed by atoms with Gasteiger partial charge in [-0.2, -0.15) is 0 Å². The predicted molar refractivity (Wildman–Crippen MR) is 79.7 cm³/mol. The number of amidine groups is 1. The fraction of sp³-hybridized carbons (Fsp3) is 0.846. The molecule has 0 aliphatic rings. The maximum atomic E-state index is 13.1. The molecule has 0 heterocycles. The van der Waals surface area contributed by atoms with E-state index in [0.717, 1.165) is 0 Å². The maximum Gasteiger partial charge on any atom is 0.256 e. The zero-order valence-corrected chi connectivity index (χ0v) is 14.4. The van der Waals surface area contributed by atoms with E-state index in [2.05, 4.69) is 4.99 Å². The molecule has 1 atom stereocenters. The van der Waals surface area contributed by atoms with E-state index in [1.54, 1.807) is 52.9 Å². The highest BCUT2D eigenvalue weighted by Crippen LogP contribution is 2.43. The minimum Gasteiger partial charge on any atom is -0.432 e. The minimum absolute atomic E-state index is 0.0660. The lowest BCUT2D eigenvalue weighted by Gasteiger charge is -2.37. The van der Waals surface area contributed by atoms with Gasteiger partial charge in [-0.05, 0) is 31.5 Å². The molecule has 1 amide bonds. The first-order chi connectivity index (χ1) is 8.79. The molecule has 1 N–H and O–H groups in total. The van der Waals surface area contributed by atoms with Gasteiger partial charge in [0.25, 0.3) is 5.91 Å². The molecule has 1 unspecified atom stereocenters. The summed E-state index contributed by atoms with van der Waals surface area (Å²) in [4.78, 5) is 27.4. The van der Waals surface area contributed by atoms with Gasteiger partial charge in [0.15, 0.2) is 8.32 Å². The molecule has 0 saturated heterocycles. The number of halogens is 2. The van der Waals surface area contributed by atoms with Crippen LogP contribution in [-0.2, 0) is 4.79 Å². The lowest BCUT2D eigenvalue weighted by Crippen LogP contribution is -2.42. The molecular formula is C13H26F2N2O2Si. The van der Waals surface area contributed by atoms with Gasteiger partial charge in [0.05, 0.1) is 0 Å². The highest BCUT2D eigenvalue weighted by molar-refractivity contribution is 6.72. The maximum absolute atomic E-state index is 13.1. The van der Waals surface area contributed by atoms with Crippen LogP contribution in [0.25, 0.3) is 0 Å². The van der Waals surface area contributed by atoms with Crippen molar-refractivity contribution in [2.45, 2.75) is 51.7 Å². The summed E-state index contributed by atoms with van der Waals surface area (Å²) in [5, 5.41) is -0.689. The predicted octanol–water partition coefficient (Wildman–Crippen LogP) is 2.74. The van der Waals surface area contributed by atoms with Crippen LogP contribution in [0.2, 0.25) is 18.1 Å². The van der Waals surface area contributed by atoms with Gasteiger partial charge in [-0.1, -0.05) is 13.8 Å². The number of hydrogen-bond donors (Lipinski definition) is 1. The summed E-state index contributed by atoms with van der Waals surface area (Å²) in [5.74, 6) is -1.91. The van der Waals surface area contributed by atoms with Crippen LogP contribution < -0.4 is 0 Å². The van der Waals surface area contributed by atoms with E-state index in [1.807, 2.05) is 0 Å². The van der Waals surface area contributed by atoms with E-state index in [1.165, 1.54) is 0 Å². The Bertz CT molecular complexity index is 377. The number of nitrogens with zero attached hydrogens (tertiary/aromatic N) is 2. The number of aliphatic imine (C=N–C) groups is 1. The van der Waals surface area contributed by atoms with Crippen molar-refractivity contribution in [2.75, 3.05) is 14.1 Å². The quantitative estimate of drug-likeness (QED) is 0.483. The molecule has 0 aliphatic heterocycles. The number of carbonyl (C=O) groups excluding carboxylic acids is 1.